The molecule has 3 aliphatic carbocycles. The van der Waals surface area contributed by atoms with Crippen LogP contribution in [0, 0.1) is 22.7 Å². The van der Waals surface area contributed by atoms with Crippen LogP contribution in [0.3, 0.4) is 0 Å². The van der Waals surface area contributed by atoms with Crippen LogP contribution in [0.5, 0.6) is 5.75 Å². The van der Waals surface area contributed by atoms with Crippen LogP contribution in [-0.4, -0.2) is 53.1 Å². The van der Waals surface area contributed by atoms with Gasteiger partial charge in [-0.1, -0.05) is 124 Å². The summed E-state index contributed by atoms with van der Waals surface area (Å²) in [6.45, 7) is 17.5. The first kappa shape index (κ1) is 49.2. The fourth-order valence-corrected chi connectivity index (χ4v) is 13.1. The normalized spacial score (nSPS) is 29.3. The Bertz CT molecular complexity index is 1400. The molecule has 348 valence electrons. The van der Waals surface area contributed by atoms with Gasteiger partial charge < -0.3 is 23.4 Å². The molecule has 0 spiro atoms. The van der Waals surface area contributed by atoms with E-state index in [0.29, 0.717) is 23.5 Å². The third-order valence-corrected chi connectivity index (χ3v) is 21.2. The molecule has 2 saturated heterocycles. The molecule has 5 aliphatic rings. The van der Waals surface area contributed by atoms with Crippen LogP contribution in [0.15, 0.2) is 18.2 Å². The number of aryl methyl sites for hydroxylation is 1. The molecule has 6 rings (SSSR count). The zero-order valence-corrected chi connectivity index (χ0v) is 41.4. The Balaban J connectivity index is 0.977. The summed E-state index contributed by atoms with van der Waals surface area (Å²) in [6.07, 6.45) is 35.3. The van der Waals surface area contributed by atoms with Gasteiger partial charge in [-0.05, 0) is 155 Å². The number of fused-ring (bicyclic) bond motifs is 5. The number of carbonyl (C=O) groups excluding carboxylic acids is 1. The fraction of sp³-hybridized carbons (Fsp3) is 0.870. The molecule has 2 unspecified atom stereocenters. The van der Waals surface area contributed by atoms with Gasteiger partial charge >= 0.3 is 0 Å². The fourth-order valence-electron chi connectivity index (χ4n) is 12.1. The van der Waals surface area contributed by atoms with Gasteiger partial charge in [0.15, 0.2) is 12.6 Å². The van der Waals surface area contributed by atoms with Crippen molar-refractivity contribution in [1.82, 2.24) is 0 Å². The molecule has 61 heavy (non-hydrogen) atoms. The molecule has 2 heterocycles. The Morgan fingerprint density at radius 1 is 0.689 bits per heavy atom. The molecule has 2 saturated carbocycles. The minimum Gasteiger partial charge on any atom is -0.543 e. The standard InChI is InChI=1S/C54H92O6Si/c1-52(2,3)61(5,6)60-44-30-32-45-43(41-44)29-31-47-46(45)33-36-53(4)48(47)42-54(51(53)55,34-21-15-11-7-9-13-17-23-37-56-49-27-19-25-39-58-49)35-22-16-12-8-10-14-18-24-38-57-50-28-20-26-40-59-50/h30,32,41,46-50H,7-29,31,33-40,42H2,1-6H3/t46-,47-,48+,49?,50?,53+,54?/m1/s1. The summed E-state index contributed by atoms with van der Waals surface area (Å²) in [5.41, 5.74) is 2.83. The first-order valence-corrected chi connectivity index (χ1v) is 29.2. The first-order chi connectivity index (χ1) is 29.4. The summed E-state index contributed by atoms with van der Waals surface area (Å²) in [5, 5.41) is 0.184. The van der Waals surface area contributed by atoms with E-state index in [1.54, 1.807) is 5.56 Å². The van der Waals surface area contributed by atoms with E-state index in [-0.39, 0.29) is 28.4 Å². The average molecular weight is 865 g/mol. The zero-order chi connectivity index (χ0) is 43.2. The molecule has 1 aromatic rings. The van der Waals surface area contributed by atoms with Crippen molar-refractivity contribution in [2.45, 2.75) is 251 Å². The lowest BCUT2D eigenvalue weighted by atomic mass is 9.55. The highest BCUT2D eigenvalue weighted by Gasteiger charge is 2.63. The van der Waals surface area contributed by atoms with Crippen molar-refractivity contribution in [3.63, 3.8) is 0 Å². The van der Waals surface area contributed by atoms with Crippen molar-refractivity contribution in [1.29, 1.82) is 0 Å². The molecule has 2 aliphatic heterocycles. The van der Waals surface area contributed by atoms with Crippen molar-refractivity contribution in [2.75, 3.05) is 26.4 Å². The van der Waals surface area contributed by atoms with Gasteiger partial charge in [0.25, 0.3) is 0 Å². The number of ketones is 1. The van der Waals surface area contributed by atoms with Crippen molar-refractivity contribution < 1.29 is 28.2 Å². The number of benzene rings is 1. The molecule has 1 aromatic carbocycles. The monoisotopic (exact) mass is 865 g/mol. The van der Waals surface area contributed by atoms with Crippen LogP contribution in [0.2, 0.25) is 18.1 Å². The highest BCUT2D eigenvalue weighted by atomic mass is 28.4. The van der Waals surface area contributed by atoms with Gasteiger partial charge in [-0.25, -0.2) is 0 Å². The van der Waals surface area contributed by atoms with Gasteiger partial charge in [-0.3, -0.25) is 4.79 Å². The van der Waals surface area contributed by atoms with E-state index in [4.69, 9.17) is 23.4 Å². The van der Waals surface area contributed by atoms with E-state index in [2.05, 4.69) is 59.0 Å². The Labute approximate surface area is 375 Å². The predicted molar refractivity (Wildman–Crippen MR) is 254 cm³/mol. The maximum absolute atomic E-state index is 15.1. The molecule has 0 amide bonds. The first-order valence-electron chi connectivity index (χ1n) is 26.3. The van der Waals surface area contributed by atoms with Crippen LogP contribution in [0.25, 0.3) is 0 Å². The van der Waals surface area contributed by atoms with Crippen LogP contribution < -0.4 is 4.43 Å². The summed E-state index contributed by atoms with van der Waals surface area (Å²) < 4.78 is 30.1. The summed E-state index contributed by atoms with van der Waals surface area (Å²) in [4.78, 5) is 15.1. The summed E-state index contributed by atoms with van der Waals surface area (Å²) >= 11 is 0. The number of ether oxygens (including phenoxy) is 4. The molecule has 0 N–H and O–H groups in total. The highest BCUT2D eigenvalue weighted by Crippen LogP contribution is 2.65. The second-order valence-corrected chi connectivity index (χ2v) is 27.1. The number of carbonyl (C=O) groups is 1. The van der Waals surface area contributed by atoms with E-state index in [1.165, 1.54) is 128 Å². The maximum atomic E-state index is 15.1. The highest BCUT2D eigenvalue weighted by molar-refractivity contribution is 6.74. The molecule has 7 heteroatoms. The van der Waals surface area contributed by atoms with E-state index in [0.717, 1.165) is 96.4 Å². The smallest absolute Gasteiger partial charge is 0.250 e. The predicted octanol–water partition coefficient (Wildman–Crippen LogP) is 15.2. The van der Waals surface area contributed by atoms with Crippen molar-refractivity contribution >= 4 is 14.1 Å². The number of rotatable bonds is 26. The molecular weight excluding hydrogens is 773 g/mol. The van der Waals surface area contributed by atoms with Crippen molar-refractivity contribution in [2.24, 2.45) is 22.7 Å². The molecular formula is C54H92O6Si. The van der Waals surface area contributed by atoms with E-state index in [9.17, 15) is 0 Å². The number of unbranched alkanes of at least 4 members (excludes halogenated alkanes) is 14. The van der Waals surface area contributed by atoms with Crippen molar-refractivity contribution in [3.8, 4) is 5.75 Å². The summed E-state index contributed by atoms with van der Waals surface area (Å²) in [7, 11) is -1.90. The summed E-state index contributed by atoms with van der Waals surface area (Å²) in [6, 6.07) is 7.11. The van der Waals surface area contributed by atoms with Gasteiger partial charge in [0.05, 0.1) is 0 Å². The Kier molecular flexibility index (Phi) is 19.2. The number of hydrogen-bond donors (Lipinski definition) is 0. The van der Waals surface area contributed by atoms with Gasteiger partial charge in [0.1, 0.15) is 11.5 Å². The largest absolute Gasteiger partial charge is 0.543 e. The van der Waals surface area contributed by atoms with Gasteiger partial charge in [0.2, 0.25) is 8.32 Å². The van der Waals surface area contributed by atoms with Gasteiger partial charge in [0, 0.05) is 37.3 Å². The second kappa shape index (κ2) is 23.8. The van der Waals surface area contributed by atoms with Crippen LogP contribution in [0.1, 0.15) is 225 Å². The molecule has 0 bridgehead atoms. The zero-order valence-electron chi connectivity index (χ0n) is 40.4. The molecule has 0 aromatic heterocycles. The Morgan fingerprint density at radius 2 is 1.21 bits per heavy atom. The topological polar surface area (TPSA) is 63.2 Å². The summed E-state index contributed by atoms with van der Waals surface area (Å²) in [5.74, 6) is 3.49. The van der Waals surface area contributed by atoms with Crippen LogP contribution in [0.4, 0.5) is 0 Å². The SMILES string of the molecule is CC(C)(C)[Si](C)(C)Oc1ccc2c(c1)CC[C@@H]1[C@@H]2CC[C@]2(C)C(=O)C(CCCCCCCCCCOC3CCCCO3)(CCCCCCCCCCOC3CCCCO3)C[C@@H]12. The average Bonchev–Trinajstić information content (AvgIpc) is 3.47. The molecule has 6 atom stereocenters. The van der Waals surface area contributed by atoms with E-state index < -0.39 is 8.32 Å². The Hall–Kier alpha value is -1.25. The third kappa shape index (κ3) is 13.6. The van der Waals surface area contributed by atoms with E-state index >= 15 is 4.79 Å². The lowest BCUT2D eigenvalue weighted by Gasteiger charge is -2.48. The van der Waals surface area contributed by atoms with Gasteiger partial charge in [-0.15, -0.1) is 0 Å². The van der Waals surface area contributed by atoms with Gasteiger partial charge in [-0.2, -0.15) is 0 Å². The van der Waals surface area contributed by atoms with Crippen LogP contribution >= 0.6 is 0 Å². The number of hydrogen-bond acceptors (Lipinski definition) is 6. The number of Topliss-reactive ketones (excluding diaryl/α,β-unsaturated/α-hetero) is 1. The third-order valence-electron chi connectivity index (χ3n) is 16.9. The van der Waals surface area contributed by atoms with Crippen molar-refractivity contribution in [3.05, 3.63) is 29.3 Å². The second-order valence-electron chi connectivity index (χ2n) is 22.4. The molecule has 4 fully saturated rings. The van der Waals surface area contributed by atoms with E-state index in [1.807, 2.05) is 0 Å². The quantitative estimate of drug-likeness (QED) is 0.0683. The molecule has 0 radical (unpaired) electrons. The lowest BCUT2D eigenvalue weighted by molar-refractivity contribution is -0.163. The maximum Gasteiger partial charge on any atom is 0.250 e. The van der Waals surface area contributed by atoms with Crippen LogP contribution in [-0.2, 0) is 30.2 Å². The Morgan fingerprint density at radius 3 is 1.72 bits per heavy atom. The lowest BCUT2D eigenvalue weighted by Crippen LogP contribution is -2.44. The minimum atomic E-state index is -1.90. The molecule has 6 nitrogen and oxygen atoms in total. The minimum absolute atomic E-state index is 0.0469.